The van der Waals surface area contributed by atoms with Crippen LogP contribution >= 0.6 is 0 Å². The number of amides is 1. The molecule has 3 aromatic rings. The molecule has 178 valence electrons. The summed E-state index contributed by atoms with van der Waals surface area (Å²) in [6, 6.07) is 19.5. The van der Waals surface area contributed by atoms with Crippen molar-refractivity contribution in [1.82, 2.24) is 9.21 Å². The Kier molecular flexibility index (Phi) is 6.90. The fourth-order valence-electron chi connectivity index (χ4n) is 4.12. The minimum Gasteiger partial charge on any atom is -0.497 e. The van der Waals surface area contributed by atoms with Gasteiger partial charge >= 0.3 is 0 Å². The van der Waals surface area contributed by atoms with Gasteiger partial charge in [-0.25, -0.2) is 8.42 Å². The number of hydrogen-bond acceptors (Lipinski definition) is 5. The van der Waals surface area contributed by atoms with E-state index in [0.717, 1.165) is 11.1 Å². The first-order chi connectivity index (χ1) is 16.3. The number of methoxy groups -OCH3 is 2. The molecule has 1 heterocycles. The van der Waals surface area contributed by atoms with E-state index in [0.29, 0.717) is 43.1 Å². The highest BCUT2D eigenvalue weighted by Gasteiger charge is 2.28. The molecule has 0 N–H and O–H groups in total. The average molecular weight is 481 g/mol. The summed E-state index contributed by atoms with van der Waals surface area (Å²) in [5, 5.41) is 0. The van der Waals surface area contributed by atoms with Crippen molar-refractivity contribution in [2.24, 2.45) is 0 Å². The van der Waals surface area contributed by atoms with E-state index in [2.05, 4.69) is 0 Å². The zero-order chi connectivity index (χ0) is 24.3. The quantitative estimate of drug-likeness (QED) is 0.515. The lowest BCUT2D eigenvalue weighted by Crippen LogP contribution is -2.36. The smallest absolute Gasteiger partial charge is 0.253 e. The third kappa shape index (κ3) is 4.78. The van der Waals surface area contributed by atoms with Crippen molar-refractivity contribution >= 4 is 15.9 Å². The highest BCUT2D eigenvalue weighted by Crippen LogP contribution is 2.27. The number of fused-ring (bicyclic) bond motifs is 1. The Labute approximate surface area is 200 Å². The van der Waals surface area contributed by atoms with Crippen LogP contribution in [0.1, 0.15) is 27.0 Å². The summed E-state index contributed by atoms with van der Waals surface area (Å²) in [7, 11) is 1.20. The third-order valence-corrected chi connectivity index (χ3v) is 7.94. The van der Waals surface area contributed by atoms with Gasteiger partial charge in [0.15, 0.2) is 0 Å². The molecular weight excluding hydrogens is 452 g/mol. The molecule has 1 aliphatic rings. The highest BCUT2D eigenvalue weighted by atomic mass is 32.2. The number of rotatable bonds is 7. The van der Waals surface area contributed by atoms with Crippen LogP contribution in [-0.2, 0) is 29.5 Å². The maximum Gasteiger partial charge on any atom is 0.253 e. The second-order valence-corrected chi connectivity index (χ2v) is 10.2. The molecule has 1 amide bonds. The molecule has 0 radical (unpaired) electrons. The van der Waals surface area contributed by atoms with Crippen molar-refractivity contribution in [1.29, 1.82) is 0 Å². The number of hydrogen-bond donors (Lipinski definition) is 0. The molecular formula is C26H28N2O5S. The molecule has 0 spiro atoms. The summed E-state index contributed by atoms with van der Waals surface area (Å²) in [5.74, 6) is 1.08. The largest absolute Gasteiger partial charge is 0.497 e. The van der Waals surface area contributed by atoms with Crippen LogP contribution in [0.25, 0.3) is 0 Å². The Balaban J connectivity index is 1.47. The molecule has 4 rings (SSSR count). The number of benzene rings is 3. The molecule has 1 aliphatic heterocycles. The van der Waals surface area contributed by atoms with Crippen LogP contribution in [0.2, 0.25) is 0 Å². The fraction of sp³-hybridized carbons (Fsp3) is 0.269. The molecule has 0 bridgehead atoms. The predicted molar refractivity (Wildman–Crippen MR) is 130 cm³/mol. The van der Waals surface area contributed by atoms with E-state index in [1.807, 2.05) is 36.4 Å². The summed E-state index contributed by atoms with van der Waals surface area (Å²) in [6.07, 6.45) is 0.686. The molecule has 7 nitrogen and oxygen atoms in total. The van der Waals surface area contributed by atoms with Crippen LogP contribution in [0, 0.1) is 0 Å². The standard InChI is InChI=1S/C26H28N2O5S/c1-27(17-22-8-11-23(32-2)16-25(22)33-3)26(29)20-9-12-24(13-10-20)34(30,31)28-15-14-19-6-4-5-7-21(19)18-28/h4-13,16H,14-15,17-18H2,1-3H3. The number of carbonyl (C=O) groups is 1. The van der Waals surface area contributed by atoms with Gasteiger partial charge in [-0.15, -0.1) is 0 Å². The van der Waals surface area contributed by atoms with E-state index in [1.165, 1.54) is 22.0 Å². The van der Waals surface area contributed by atoms with Gasteiger partial charge in [0, 0.05) is 43.9 Å². The molecule has 0 unspecified atom stereocenters. The number of sulfonamides is 1. The monoisotopic (exact) mass is 480 g/mol. The van der Waals surface area contributed by atoms with Crippen molar-refractivity contribution in [2.45, 2.75) is 24.4 Å². The van der Waals surface area contributed by atoms with E-state index in [4.69, 9.17) is 9.47 Å². The molecule has 0 atom stereocenters. The van der Waals surface area contributed by atoms with Crippen molar-refractivity contribution in [2.75, 3.05) is 27.8 Å². The maximum absolute atomic E-state index is 13.2. The zero-order valence-corrected chi connectivity index (χ0v) is 20.3. The second kappa shape index (κ2) is 9.87. The number of nitrogens with zero attached hydrogens (tertiary/aromatic N) is 2. The van der Waals surface area contributed by atoms with Crippen molar-refractivity contribution in [3.8, 4) is 11.5 Å². The molecule has 8 heteroatoms. The Morgan fingerprint density at radius 1 is 0.971 bits per heavy atom. The Morgan fingerprint density at radius 2 is 1.68 bits per heavy atom. The Bertz CT molecular complexity index is 1290. The van der Waals surface area contributed by atoms with Crippen LogP contribution in [0.4, 0.5) is 0 Å². The minimum absolute atomic E-state index is 0.183. The lowest BCUT2D eigenvalue weighted by atomic mass is 10.0. The number of ether oxygens (including phenoxy) is 2. The van der Waals surface area contributed by atoms with Crippen LogP contribution in [0.3, 0.4) is 0 Å². The lowest BCUT2D eigenvalue weighted by Gasteiger charge is -2.28. The van der Waals surface area contributed by atoms with Gasteiger partial charge in [-0.1, -0.05) is 24.3 Å². The van der Waals surface area contributed by atoms with Gasteiger partial charge in [0.25, 0.3) is 5.91 Å². The molecule has 0 fully saturated rings. The molecule has 34 heavy (non-hydrogen) atoms. The normalized spacial score (nSPS) is 13.7. The van der Waals surface area contributed by atoms with Crippen LogP contribution in [0.15, 0.2) is 71.6 Å². The first-order valence-corrected chi connectivity index (χ1v) is 12.4. The summed E-state index contributed by atoms with van der Waals surface area (Å²) in [6.45, 7) is 1.12. The SMILES string of the molecule is COc1ccc(CN(C)C(=O)c2ccc(S(=O)(=O)N3CCc4ccccc4C3)cc2)c(OC)c1. The molecule has 0 aromatic heterocycles. The van der Waals surface area contributed by atoms with Crippen molar-refractivity contribution in [3.05, 3.63) is 89.0 Å². The predicted octanol–water partition coefficient (Wildman–Crippen LogP) is 3.72. The molecule has 0 saturated heterocycles. The summed E-state index contributed by atoms with van der Waals surface area (Å²) in [4.78, 5) is 14.7. The van der Waals surface area contributed by atoms with Gasteiger partial charge in [0.05, 0.1) is 19.1 Å². The van der Waals surface area contributed by atoms with Gasteiger partial charge in [-0.05, 0) is 53.9 Å². The first kappa shape index (κ1) is 23.8. The average Bonchev–Trinajstić information content (AvgIpc) is 2.88. The van der Waals surface area contributed by atoms with Gasteiger partial charge < -0.3 is 14.4 Å². The molecule has 0 aliphatic carbocycles. The van der Waals surface area contributed by atoms with Crippen LogP contribution < -0.4 is 9.47 Å². The topological polar surface area (TPSA) is 76.2 Å². The number of carbonyl (C=O) groups excluding carboxylic acids is 1. The lowest BCUT2D eigenvalue weighted by molar-refractivity contribution is 0.0784. The Morgan fingerprint density at radius 3 is 2.35 bits per heavy atom. The molecule has 0 saturated carbocycles. The van der Waals surface area contributed by atoms with E-state index < -0.39 is 10.0 Å². The van der Waals surface area contributed by atoms with Crippen LogP contribution in [0.5, 0.6) is 11.5 Å². The van der Waals surface area contributed by atoms with Gasteiger partial charge in [-0.2, -0.15) is 4.31 Å². The van der Waals surface area contributed by atoms with Gasteiger partial charge in [-0.3, -0.25) is 4.79 Å². The van der Waals surface area contributed by atoms with Gasteiger partial charge in [0.2, 0.25) is 10.0 Å². The molecule has 3 aromatic carbocycles. The first-order valence-electron chi connectivity index (χ1n) is 11.0. The van der Waals surface area contributed by atoms with Crippen molar-refractivity contribution in [3.63, 3.8) is 0 Å². The second-order valence-electron chi connectivity index (χ2n) is 8.22. The van der Waals surface area contributed by atoms with E-state index in [-0.39, 0.29) is 10.8 Å². The maximum atomic E-state index is 13.2. The van der Waals surface area contributed by atoms with E-state index in [1.54, 1.807) is 44.4 Å². The fourth-order valence-corrected chi connectivity index (χ4v) is 5.54. The summed E-state index contributed by atoms with van der Waals surface area (Å²) < 4.78 is 38.5. The van der Waals surface area contributed by atoms with Crippen molar-refractivity contribution < 1.29 is 22.7 Å². The summed E-state index contributed by atoms with van der Waals surface area (Å²) in [5.41, 5.74) is 3.47. The van der Waals surface area contributed by atoms with Gasteiger partial charge in [0.1, 0.15) is 11.5 Å². The van der Waals surface area contributed by atoms with E-state index in [9.17, 15) is 13.2 Å². The highest BCUT2D eigenvalue weighted by molar-refractivity contribution is 7.89. The Hall–Kier alpha value is -3.36. The summed E-state index contributed by atoms with van der Waals surface area (Å²) >= 11 is 0. The minimum atomic E-state index is -3.65. The zero-order valence-electron chi connectivity index (χ0n) is 19.5. The van der Waals surface area contributed by atoms with Crippen LogP contribution in [-0.4, -0.2) is 51.3 Å². The van der Waals surface area contributed by atoms with E-state index >= 15 is 0 Å². The third-order valence-electron chi connectivity index (χ3n) is 6.08.